The molecule has 19 heavy (non-hydrogen) atoms. The Hall–Kier alpha value is -1.26. The number of aliphatic hydroxyl groups is 1. The van der Waals surface area contributed by atoms with Gasteiger partial charge in [0.2, 0.25) is 0 Å². The van der Waals surface area contributed by atoms with Gasteiger partial charge in [0.15, 0.2) is 11.5 Å². The largest absolute Gasteiger partial charge is 0.493 e. The van der Waals surface area contributed by atoms with Crippen molar-refractivity contribution >= 4 is 0 Å². The number of hydrogen-bond donors (Lipinski definition) is 2. The van der Waals surface area contributed by atoms with Gasteiger partial charge in [-0.3, -0.25) is 0 Å². The van der Waals surface area contributed by atoms with Gasteiger partial charge in [0.05, 0.1) is 7.11 Å². The van der Waals surface area contributed by atoms with E-state index in [0.29, 0.717) is 12.4 Å². The van der Waals surface area contributed by atoms with E-state index < -0.39 is 5.60 Å². The van der Waals surface area contributed by atoms with E-state index in [4.69, 9.17) is 9.47 Å². The monoisotopic (exact) mass is 265 g/mol. The van der Waals surface area contributed by atoms with Crippen LogP contribution in [0, 0.1) is 0 Å². The summed E-state index contributed by atoms with van der Waals surface area (Å²) >= 11 is 0. The highest BCUT2D eigenvalue weighted by Crippen LogP contribution is 2.30. The topological polar surface area (TPSA) is 50.7 Å². The third-order valence-electron chi connectivity index (χ3n) is 3.67. The summed E-state index contributed by atoms with van der Waals surface area (Å²) in [4.78, 5) is 0. The van der Waals surface area contributed by atoms with Crippen molar-refractivity contribution < 1.29 is 14.6 Å². The molecular weight excluding hydrogens is 242 g/mol. The first-order chi connectivity index (χ1) is 9.17. The number of ether oxygens (including phenoxy) is 2. The normalized spacial score (nSPS) is 18.1. The van der Waals surface area contributed by atoms with Crippen molar-refractivity contribution in [2.45, 2.75) is 31.8 Å². The van der Waals surface area contributed by atoms with E-state index >= 15 is 0 Å². The van der Waals surface area contributed by atoms with Crippen LogP contribution in [0.3, 0.4) is 0 Å². The second kappa shape index (κ2) is 6.26. The molecule has 1 aliphatic rings. The zero-order chi connectivity index (χ0) is 13.7. The molecule has 2 N–H and O–H groups in total. The Kier molecular flexibility index (Phi) is 4.66. The first-order valence-electron chi connectivity index (χ1n) is 6.90. The minimum absolute atomic E-state index is 0.316. The van der Waals surface area contributed by atoms with Crippen LogP contribution in [0.1, 0.15) is 25.3 Å². The van der Waals surface area contributed by atoms with Crippen LogP contribution >= 0.6 is 0 Å². The summed E-state index contributed by atoms with van der Waals surface area (Å²) in [6.45, 7) is 4.10. The zero-order valence-electron chi connectivity index (χ0n) is 11.7. The molecule has 2 rings (SSSR count). The highest BCUT2D eigenvalue weighted by molar-refractivity contribution is 5.43. The summed E-state index contributed by atoms with van der Waals surface area (Å²) in [5.74, 6) is 1.43. The standard InChI is InChI=1S/C15H23NO3/c1-3-12-4-5-13(14(10-12)18-2)19-11-15(17)6-8-16-9-7-15/h4-5,10,16-17H,3,6-9,11H2,1-2H3. The number of nitrogens with one attached hydrogen (secondary N) is 1. The lowest BCUT2D eigenvalue weighted by atomic mass is 9.93. The van der Waals surface area contributed by atoms with Crippen molar-refractivity contribution in [3.05, 3.63) is 23.8 Å². The maximum atomic E-state index is 10.4. The average molecular weight is 265 g/mol. The van der Waals surface area contributed by atoms with E-state index in [1.54, 1.807) is 7.11 Å². The van der Waals surface area contributed by atoms with E-state index in [1.807, 2.05) is 18.2 Å². The first kappa shape index (κ1) is 14.2. The second-order valence-corrected chi connectivity index (χ2v) is 5.10. The zero-order valence-corrected chi connectivity index (χ0v) is 11.7. The van der Waals surface area contributed by atoms with Crippen molar-refractivity contribution in [1.29, 1.82) is 0 Å². The summed E-state index contributed by atoms with van der Waals surface area (Å²) in [6, 6.07) is 5.94. The summed E-state index contributed by atoms with van der Waals surface area (Å²) in [5, 5.41) is 13.6. The van der Waals surface area contributed by atoms with Crippen molar-refractivity contribution in [2.24, 2.45) is 0 Å². The fraction of sp³-hybridized carbons (Fsp3) is 0.600. The predicted octanol–water partition coefficient (Wildman–Crippen LogP) is 1.75. The highest BCUT2D eigenvalue weighted by atomic mass is 16.5. The van der Waals surface area contributed by atoms with Crippen molar-refractivity contribution in [1.82, 2.24) is 5.32 Å². The molecule has 1 saturated heterocycles. The molecule has 0 saturated carbocycles. The minimum atomic E-state index is -0.723. The summed E-state index contributed by atoms with van der Waals surface area (Å²) in [5.41, 5.74) is 0.490. The molecule has 0 radical (unpaired) electrons. The van der Waals surface area contributed by atoms with Crippen LogP contribution in [0.15, 0.2) is 18.2 Å². The van der Waals surface area contributed by atoms with Crippen molar-refractivity contribution in [3.63, 3.8) is 0 Å². The molecule has 0 bridgehead atoms. The molecule has 4 heteroatoms. The minimum Gasteiger partial charge on any atom is -0.493 e. The molecule has 0 unspecified atom stereocenters. The first-order valence-corrected chi connectivity index (χ1v) is 6.90. The van der Waals surface area contributed by atoms with Crippen molar-refractivity contribution in [2.75, 3.05) is 26.8 Å². The molecule has 106 valence electrons. The Bertz CT molecular complexity index is 414. The van der Waals surface area contributed by atoms with Gasteiger partial charge in [-0.25, -0.2) is 0 Å². The van der Waals surface area contributed by atoms with Crippen LogP contribution in [0.5, 0.6) is 11.5 Å². The van der Waals surface area contributed by atoms with Crippen LogP contribution in [-0.4, -0.2) is 37.5 Å². The van der Waals surface area contributed by atoms with E-state index in [-0.39, 0.29) is 0 Å². The lowest BCUT2D eigenvalue weighted by Crippen LogP contribution is -2.46. The number of aryl methyl sites for hydroxylation is 1. The van der Waals surface area contributed by atoms with Gasteiger partial charge in [-0.05, 0) is 50.0 Å². The summed E-state index contributed by atoms with van der Waals surface area (Å²) < 4.78 is 11.1. The molecular formula is C15H23NO3. The Morgan fingerprint density at radius 1 is 1.26 bits per heavy atom. The van der Waals surface area contributed by atoms with Crippen LogP contribution in [-0.2, 0) is 6.42 Å². The SMILES string of the molecule is CCc1ccc(OCC2(O)CCNCC2)c(OC)c1. The van der Waals surface area contributed by atoms with Crippen molar-refractivity contribution in [3.8, 4) is 11.5 Å². The highest BCUT2D eigenvalue weighted by Gasteiger charge is 2.30. The van der Waals surface area contributed by atoms with Gasteiger partial charge in [0.1, 0.15) is 12.2 Å². The molecule has 4 nitrogen and oxygen atoms in total. The molecule has 1 aromatic carbocycles. The lowest BCUT2D eigenvalue weighted by molar-refractivity contribution is -0.0290. The molecule has 1 fully saturated rings. The molecule has 1 heterocycles. The number of piperidine rings is 1. The molecule has 0 amide bonds. The van der Waals surface area contributed by atoms with Crippen LogP contribution in [0.25, 0.3) is 0 Å². The quantitative estimate of drug-likeness (QED) is 0.851. The van der Waals surface area contributed by atoms with E-state index in [1.165, 1.54) is 5.56 Å². The summed E-state index contributed by atoms with van der Waals surface area (Å²) in [7, 11) is 1.64. The molecule has 1 aromatic rings. The van der Waals surface area contributed by atoms with Gasteiger partial charge >= 0.3 is 0 Å². The van der Waals surface area contributed by atoms with Crippen LogP contribution in [0.4, 0.5) is 0 Å². The maximum Gasteiger partial charge on any atom is 0.161 e. The van der Waals surface area contributed by atoms with Gasteiger partial charge in [0, 0.05) is 0 Å². The maximum absolute atomic E-state index is 10.4. The van der Waals surface area contributed by atoms with Crippen LogP contribution < -0.4 is 14.8 Å². The van der Waals surface area contributed by atoms with E-state index in [9.17, 15) is 5.11 Å². The van der Waals surface area contributed by atoms with Gasteiger partial charge in [-0.15, -0.1) is 0 Å². The third-order valence-corrected chi connectivity index (χ3v) is 3.67. The van der Waals surface area contributed by atoms with Gasteiger partial charge in [0.25, 0.3) is 0 Å². The van der Waals surface area contributed by atoms with Gasteiger partial charge in [-0.2, -0.15) is 0 Å². The number of benzene rings is 1. The molecule has 0 spiro atoms. The number of methoxy groups -OCH3 is 1. The fourth-order valence-electron chi connectivity index (χ4n) is 2.30. The van der Waals surface area contributed by atoms with Crippen LogP contribution in [0.2, 0.25) is 0 Å². The van der Waals surface area contributed by atoms with E-state index in [0.717, 1.165) is 38.1 Å². The number of rotatable bonds is 5. The number of hydrogen-bond acceptors (Lipinski definition) is 4. The second-order valence-electron chi connectivity index (χ2n) is 5.10. The predicted molar refractivity (Wildman–Crippen MR) is 74.9 cm³/mol. The Morgan fingerprint density at radius 3 is 2.63 bits per heavy atom. The van der Waals surface area contributed by atoms with Gasteiger partial charge in [-0.1, -0.05) is 13.0 Å². The Morgan fingerprint density at radius 2 is 2.00 bits per heavy atom. The molecule has 0 aliphatic carbocycles. The molecule has 0 atom stereocenters. The average Bonchev–Trinajstić information content (AvgIpc) is 2.45. The Labute approximate surface area is 114 Å². The van der Waals surface area contributed by atoms with E-state index in [2.05, 4.69) is 12.2 Å². The third kappa shape index (κ3) is 3.61. The lowest BCUT2D eigenvalue weighted by Gasteiger charge is -2.32. The van der Waals surface area contributed by atoms with Gasteiger partial charge < -0.3 is 19.9 Å². The molecule has 0 aromatic heterocycles. The fourth-order valence-corrected chi connectivity index (χ4v) is 2.30. The molecule has 1 aliphatic heterocycles. The summed E-state index contributed by atoms with van der Waals surface area (Å²) in [6.07, 6.45) is 2.41. The smallest absolute Gasteiger partial charge is 0.161 e. The Balaban J connectivity index is 2.02.